The van der Waals surface area contributed by atoms with E-state index in [-0.39, 0.29) is 24.8 Å². The zero-order chi connectivity index (χ0) is 11.9. The predicted molar refractivity (Wildman–Crippen MR) is 83.7 cm³/mol. The van der Waals surface area contributed by atoms with E-state index in [0.717, 1.165) is 0 Å². The van der Waals surface area contributed by atoms with E-state index in [9.17, 15) is 0 Å². The normalized spacial score (nSPS) is 21.8. The summed E-state index contributed by atoms with van der Waals surface area (Å²) in [4.78, 5) is 0. The van der Waals surface area contributed by atoms with Crippen molar-refractivity contribution in [2.75, 3.05) is 0 Å². The van der Waals surface area contributed by atoms with E-state index in [1.54, 1.807) is 12.1 Å². The minimum atomic E-state index is -1.74. The molecule has 0 amide bonds. The van der Waals surface area contributed by atoms with Crippen LogP contribution in [-0.4, -0.2) is 4.21 Å². The Bertz CT molecular complexity index is 479. The van der Waals surface area contributed by atoms with Gasteiger partial charge in [0.2, 0.25) is 0 Å². The van der Waals surface area contributed by atoms with Crippen LogP contribution in [0.5, 0.6) is 0 Å². The van der Waals surface area contributed by atoms with Crippen molar-refractivity contribution in [2.45, 2.75) is 34.1 Å². The third kappa shape index (κ3) is 3.24. The van der Waals surface area contributed by atoms with Crippen LogP contribution < -0.4 is 0 Å². The van der Waals surface area contributed by atoms with Crippen LogP contribution in [0.3, 0.4) is 0 Å². The summed E-state index contributed by atoms with van der Waals surface area (Å²) >= 11 is -1.74. The van der Waals surface area contributed by atoms with Crippen molar-refractivity contribution in [1.29, 1.82) is 0 Å². The molecule has 0 aromatic carbocycles. The van der Waals surface area contributed by atoms with Gasteiger partial charge in [-0.05, 0) is 0 Å². The summed E-state index contributed by atoms with van der Waals surface area (Å²) in [5.41, 5.74) is 4.53. The summed E-state index contributed by atoms with van der Waals surface area (Å²) in [7, 11) is 0. The molecule has 0 heterocycles. The van der Waals surface area contributed by atoms with Crippen LogP contribution in [0.15, 0.2) is 41.5 Å². The van der Waals surface area contributed by atoms with Crippen LogP contribution in [0, 0.1) is 5.92 Å². The van der Waals surface area contributed by atoms with Gasteiger partial charge in [0.15, 0.2) is 0 Å². The number of rotatable bonds is 2. The van der Waals surface area contributed by atoms with Gasteiger partial charge in [-0.1, -0.05) is 0 Å². The summed E-state index contributed by atoms with van der Waals surface area (Å²) in [6, 6.07) is 0. The molecule has 0 N–H and O–H groups in total. The molecule has 0 aliphatic heterocycles. The Balaban J connectivity index is 0.00000144. The van der Waals surface area contributed by atoms with Gasteiger partial charge >= 0.3 is 107 Å². The Morgan fingerprint density at radius 2 is 1.83 bits per heavy atom. The van der Waals surface area contributed by atoms with Crippen molar-refractivity contribution >= 4 is 29.0 Å². The summed E-state index contributed by atoms with van der Waals surface area (Å²) in [6.07, 6.45) is 8.16. The molecule has 0 bridgehead atoms. The molecule has 18 heavy (non-hydrogen) atoms. The fraction of sp³-hybridized carbons (Fsp3) is 0.400. The first kappa shape index (κ1) is 18.3. The molecule has 0 nitrogen and oxygen atoms in total. The Morgan fingerprint density at radius 3 is 2.22 bits per heavy atom. The minimum absolute atomic E-state index is 0. The molecule has 0 fully saturated rings. The second kappa shape index (κ2) is 7.18. The second-order valence-electron chi connectivity index (χ2n) is 4.92. The first-order valence-corrected chi connectivity index (χ1v) is 10.2. The third-order valence-corrected chi connectivity index (χ3v) is 10.7. The fourth-order valence-electron chi connectivity index (χ4n) is 2.78. The Hall–Kier alpha value is 0.293. The number of halogens is 2. The molecule has 0 spiro atoms. The molecular formula is C15H22Cl2Zr. The standard InChI is InChI=1S/C8H11.C6H7.CH2.2ClH.Zr/c1-6-4-7(2)8(3)5-6;1-6-4-2-3-5-6;;;;/h4,6H,1-3H3;2,4H,3H2,1H3;1H2;2*1H;. The topological polar surface area (TPSA) is 0 Å². The van der Waals surface area contributed by atoms with Crippen molar-refractivity contribution in [3.8, 4) is 0 Å². The maximum atomic E-state index is 4.60. The summed E-state index contributed by atoms with van der Waals surface area (Å²) in [5, 5.41) is 0. The summed E-state index contributed by atoms with van der Waals surface area (Å²) in [5.74, 6) is 0.646. The predicted octanol–water partition coefficient (Wildman–Crippen LogP) is 4.98. The average Bonchev–Trinajstić information content (AvgIpc) is 2.73. The van der Waals surface area contributed by atoms with E-state index in [1.165, 1.54) is 17.6 Å². The molecule has 1 atom stereocenters. The van der Waals surface area contributed by atoms with Crippen LogP contribution in [0.1, 0.15) is 34.1 Å². The molecule has 1 unspecified atom stereocenters. The van der Waals surface area contributed by atoms with Crippen LogP contribution in [0.25, 0.3) is 0 Å². The molecule has 0 radical (unpaired) electrons. The van der Waals surface area contributed by atoms with E-state index < -0.39 is 21.3 Å². The molecule has 100 valence electrons. The first-order valence-electron chi connectivity index (χ1n) is 5.98. The van der Waals surface area contributed by atoms with Gasteiger partial charge in [-0.15, -0.1) is 24.8 Å². The van der Waals surface area contributed by atoms with Crippen LogP contribution in [0.2, 0.25) is 0 Å². The van der Waals surface area contributed by atoms with Gasteiger partial charge < -0.3 is 0 Å². The Labute approximate surface area is 131 Å². The van der Waals surface area contributed by atoms with Gasteiger partial charge in [-0.3, -0.25) is 0 Å². The van der Waals surface area contributed by atoms with Crippen molar-refractivity contribution in [1.82, 2.24) is 0 Å². The van der Waals surface area contributed by atoms with Crippen molar-refractivity contribution < 1.29 is 21.3 Å². The fourth-order valence-corrected chi connectivity index (χ4v) is 9.00. The third-order valence-electron chi connectivity index (χ3n) is 3.81. The monoisotopic (exact) mass is 362 g/mol. The molecule has 2 aliphatic carbocycles. The van der Waals surface area contributed by atoms with Crippen LogP contribution in [0.4, 0.5) is 0 Å². The van der Waals surface area contributed by atoms with Crippen molar-refractivity contribution in [3.63, 3.8) is 0 Å². The summed E-state index contributed by atoms with van der Waals surface area (Å²) in [6.45, 7) is 9.11. The molecule has 0 saturated heterocycles. The van der Waals surface area contributed by atoms with Crippen LogP contribution in [-0.2, 0) is 21.3 Å². The van der Waals surface area contributed by atoms with E-state index in [1.807, 2.05) is 0 Å². The molecule has 0 aromatic rings. The Kier molecular flexibility index (Phi) is 7.29. The van der Waals surface area contributed by atoms with Crippen molar-refractivity contribution in [2.24, 2.45) is 5.92 Å². The van der Waals surface area contributed by atoms with Gasteiger partial charge in [-0.25, -0.2) is 0 Å². The molecule has 3 heteroatoms. The molecular weight excluding hydrogens is 342 g/mol. The van der Waals surface area contributed by atoms with E-state index in [0.29, 0.717) is 5.92 Å². The number of hydrogen-bond acceptors (Lipinski definition) is 0. The van der Waals surface area contributed by atoms with E-state index >= 15 is 0 Å². The zero-order valence-corrected chi connectivity index (χ0v) is 15.6. The maximum absolute atomic E-state index is 4.60. The van der Waals surface area contributed by atoms with E-state index in [2.05, 4.69) is 50.1 Å². The average molecular weight is 364 g/mol. The second-order valence-corrected chi connectivity index (χ2v) is 10.1. The van der Waals surface area contributed by atoms with Crippen LogP contribution >= 0.6 is 24.8 Å². The quantitative estimate of drug-likeness (QED) is 0.648. The number of allylic oxidation sites excluding steroid dienone is 8. The zero-order valence-electron chi connectivity index (χ0n) is 11.5. The molecule has 2 rings (SSSR count). The van der Waals surface area contributed by atoms with E-state index in [4.69, 9.17) is 0 Å². The SMILES string of the molecule is Cl.Cl.[CH2]=[Zr]([C]1=C(C)C=CC1)[C]1=C(C)C(C)=CC1C. The molecule has 2 aliphatic rings. The van der Waals surface area contributed by atoms with Gasteiger partial charge in [0.25, 0.3) is 0 Å². The first-order chi connectivity index (χ1) is 7.52. The molecule has 0 saturated carbocycles. The summed E-state index contributed by atoms with van der Waals surface area (Å²) < 4.78 is 8.02. The Morgan fingerprint density at radius 1 is 1.22 bits per heavy atom. The van der Waals surface area contributed by atoms with Gasteiger partial charge in [-0.2, -0.15) is 0 Å². The van der Waals surface area contributed by atoms with Gasteiger partial charge in [0.1, 0.15) is 0 Å². The number of hydrogen-bond donors (Lipinski definition) is 0. The van der Waals surface area contributed by atoms with Crippen molar-refractivity contribution in [3.05, 3.63) is 41.5 Å². The van der Waals surface area contributed by atoms with Gasteiger partial charge in [0, 0.05) is 0 Å². The van der Waals surface area contributed by atoms with Gasteiger partial charge in [0.05, 0.1) is 0 Å². The molecule has 0 aromatic heterocycles.